The first-order valence-corrected chi connectivity index (χ1v) is 16.4. The van der Waals surface area contributed by atoms with Crippen molar-refractivity contribution in [3.8, 4) is 0 Å². The zero-order chi connectivity index (χ0) is 29.2. The molecular weight excluding hydrogens is 635 g/mol. The van der Waals surface area contributed by atoms with Crippen LogP contribution in [-0.4, -0.2) is 72.7 Å². The maximum absolute atomic E-state index is 10.4. The molecule has 0 saturated heterocycles. The number of ketones is 3. The van der Waals surface area contributed by atoms with E-state index in [1.165, 1.54) is 41.5 Å². The standard InChI is InChI=1S/3C6H10O2.2C3H9OP.Gd/c3*1-4(5(2)7)6(3)8;2*1-5(2,3)4;/h3*7H,1-3H3;2*1-3H3;/b3*5-4-;;;. The van der Waals surface area contributed by atoms with E-state index >= 15 is 0 Å². The third kappa shape index (κ3) is 60.1. The molecule has 0 atom stereocenters. The topological polar surface area (TPSA) is 146 Å². The number of hydrogen-bond donors (Lipinski definition) is 3. The largest absolute Gasteiger partial charge is 0.512 e. The smallest absolute Gasteiger partial charge is 0.158 e. The van der Waals surface area contributed by atoms with Gasteiger partial charge in [0.2, 0.25) is 0 Å². The molecule has 0 aliphatic heterocycles. The van der Waals surface area contributed by atoms with Gasteiger partial charge in [0.15, 0.2) is 17.3 Å². The Morgan fingerprint density at radius 2 is 0.514 bits per heavy atom. The zero-order valence-corrected chi connectivity index (χ0v) is 28.2. The van der Waals surface area contributed by atoms with Crippen molar-refractivity contribution in [1.82, 2.24) is 0 Å². The molecule has 0 aromatic carbocycles. The van der Waals surface area contributed by atoms with Crippen molar-refractivity contribution >= 4 is 31.6 Å². The van der Waals surface area contributed by atoms with Crippen LogP contribution in [0.1, 0.15) is 62.3 Å². The van der Waals surface area contributed by atoms with Crippen LogP contribution < -0.4 is 0 Å². The Morgan fingerprint density at radius 1 is 0.429 bits per heavy atom. The summed E-state index contributed by atoms with van der Waals surface area (Å²) in [7, 11) is -3.28. The van der Waals surface area contributed by atoms with Gasteiger partial charge in [0.1, 0.15) is 0 Å². The van der Waals surface area contributed by atoms with Gasteiger partial charge in [-0.25, -0.2) is 0 Å². The van der Waals surface area contributed by atoms with Crippen LogP contribution in [0.25, 0.3) is 0 Å². The van der Waals surface area contributed by atoms with Crippen molar-refractivity contribution in [2.75, 3.05) is 40.0 Å². The monoisotopic (exact) mass is 684 g/mol. The van der Waals surface area contributed by atoms with Crippen molar-refractivity contribution in [1.29, 1.82) is 0 Å². The number of aliphatic hydroxyl groups excluding tert-OH is 3. The predicted octanol–water partition coefficient (Wildman–Crippen LogP) is 6.76. The van der Waals surface area contributed by atoms with Crippen LogP contribution in [0.4, 0.5) is 0 Å². The maximum atomic E-state index is 10.4. The summed E-state index contributed by atoms with van der Waals surface area (Å²) >= 11 is 0. The molecule has 11 heteroatoms. The minimum Gasteiger partial charge on any atom is -0.512 e. The number of rotatable bonds is 3. The van der Waals surface area contributed by atoms with Crippen molar-refractivity contribution in [2.24, 2.45) is 0 Å². The van der Waals surface area contributed by atoms with Crippen LogP contribution in [0.5, 0.6) is 0 Å². The number of allylic oxidation sites excluding steroid dienone is 6. The van der Waals surface area contributed by atoms with Crippen LogP contribution in [0.2, 0.25) is 0 Å². The molecule has 0 aliphatic carbocycles. The Kier molecular flexibility index (Phi) is 32.4. The van der Waals surface area contributed by atoms with Gasteiger partial charge in [-0.15, -0.1) is 0 Å². The molecule has 0 rings (SSSR count). The Bertz CT molecular complexity index is 727. The van der Waals surface area contributed by atoms with Crippen LogP contribution in [-0.2, 0) is 23.5 Å². The van der Waals surface area contributed by atoms with Gasteiger partial charge < -0.3 is 24.4 Å². The Morgan fingerprint density at radius 3 is 0.514 bits per heavy atom. The molecule has 0 radical (unpaired) electrons. The van der Waals surface area contributed by atoms with Gasteiger partial charge in [0, 0.05) is 56.7 Å². The Balaban J connectivity index is -0.0000000757. The van der Waals surface area contributed by atoms with Gasteiger partial charge in [-0.3, -0.25) is 14.4 Å². The predicted molar refractivity (Wildman–Crippen MR) is 146 cm³/mol. The van der Waals surface area contributed by atoms with Crippen LogP contribution in [0.3, 0.4) is 0 Å². The van der Waals surface area contributed by atoms with E-state index in [4.69, 9.17) is 15.3 Å². The van der Waals surface area contributed by atoms with Gasteiger partial charge in [0.05, 0.1) is 31.6 Å². The first kappa shape index (κ1) is 47.6. The van der Waals surface area contributed by atoms with E-state index in [9.17, 15) is 23.5 Å². The van der Waals surface area contributed by atoms with E-state index in [0.29, 0.717) is 16.7 Å². The molecule has 0 aromatic heterocycles. The second kappa shape index (κ2) is 23.8. The average molecular weight is 684 g/mol. The van der Waals surface area contributed by atoms with Crippen molar-refractivity contribution in [3.63, 3.8) is 0 Å². The summed E-state index contributed by atoms with van der Waals surface area (Å²) in [6.07, 6.45) is 0. The second-order valence-corrected chi connectivity index (χ2v) is 16.6. The summed E-state index contributed by atoms with van der Waals surface area (Å²) in [5, 5.41) is 26.0. The number of aliphatic hydroxyl groups is 3. The summed E-state index contributed by atoms with van der Waals surface area (Å²) in [5.74, 6) is 0.0903. The van der Waals surface area contributed by atoms with Crippen molar-refractivity contribution in [3.05, 3.63) is 34.0 Å². The van der Waals surface area contributed by atoms with Crippen LogP contribution in [0.15, 0.2) is 34.0 Å². The molecule has 0 saturated carbocycles. The van der Waals surface area contributed by atoms with E-state index < -0.39 is 14.3 Å². The van der Waals surface area contributed by atoms with E-state index in [0.717, 1.165) is 0 Å². The summed E-state index contributed by atoms with van der Waals surface area (Å²) in [6, 6.07) is 0. The Hall–Kier alpha value is -0.585. The molecule has 35 heavy (non-hydrogen) atoms. The molecule has 0 fully saturated rings. The molecule has 210 valence electrons. The first-order chi connectivity index (χ1) is 14.7. The van der Waals surface area contributed by atoms with Crippen molar-refractivity contribution < 1.29 is 78.8 Å². The molecule has 0 aromatic rings. The number of carbonyl (C=O) groups excluding carboxylic acids is 3. The number of Topliss-reactive ketones (excluding diaryl/α,β-unsaturated/α-hetero) is 3. The summed E-state index contributed by atoms with van der Waals surface area (Å²) in [6.45, 7) is 24.0. The van der Waals surface area contributed by atoms with Gasteiger partial charge in [-0.2, -0.15) is 0 Å². The minimum atomic E-state index is -1.64. The Labute approximate surface area is 245 Å². The third-order valence-corrected chi connectivity index (χ3v) is 3.21. The van der Waals surface area contributed by atoms with Crippen molar-refractivity contribution in [2.45, 2.75) is 62.3 Å². The van der Waals surface area contributed by atoms with Gasteiger partial charge in [-0.05, 0) is 102 Å². The summed E-state index contributed by atoms with van der Waals surface area (Å²) < 4.78 is 20.4. The molecule has 0 unspecified atom stereocenters. The van der Waals surface area contributed by atoms with Gasteiger partial charge >= 0.3 is 0 Å². The summed E-state index contributed by atoms with van der Waals surface area (Å²) in [5.41, 5.74) is 1.31. The zero-order valence-electron chi connectivity index (χ0n) is 24.1. The molecule has 0 heterocycles. The quantitative estimate of drug-likeness (QED) is 0.168. The van der Waals surface area contributed by atoms with E-state index in [1.807, 2.05) is 0 Å². The van der Waals surface area contributed by atoms with E-state index in [1.54, 1.807) is 60.8 Å². The number of hydrogen-bond acceptors (Lipinski definition) is 8. The van der Waals surface area contributed by atoms with Crippen LogP contribution >= 0.6 is 14.3 Å². The average Bonchev–Trinajstić information content (AvgIpc) is 2.57. The molecular formula is C24H48GdO8P2. The fraction of sp³-hybridized carbons (Fsp3) is 0.625. The molecule has 0 aliphatic rings. The molecule has 3 N–H and O–H groups in total. The molecule has 0 amide bonds. The third-order valence-electron chi connectivity index (χ3n) is 3.21. The molecule has 8 nitrogen and oxygen atoms in total. The van der Waals surface area contributed by atoms with Gasteiger partial charge in [-0.1, -0.05) is 0 Å². The van der Waals surface area contributed by atoms with E-state index in [2.05, 4.69) is 0 Å². The summed E-state index contributed by atoms with van der Waals surface area (Å²) in [4.78, 5) is 31.1. The maximum Gasteiger partial charge on any atom is 0.158 e. The van der Waals surface area contributed by atoms with E-state index in [-0.39, 0.29) is 74.6 Å². The van der Waals surface area contributed by atoms with Gasteiger partial charge in [0.25, 0.3) is 0 Å². The van der Waals surface area contributed by atoms with Crippen LogP contribution in [0, 0.1) is 39.9 Å². The normalized spacial score (nSPS) is 12.2. The fourth-order valence-corrected chi connectivity index (χ4v) is 0.764. The SMILES string of the molecule is CC(=O)/C(C)=C(/C)O.CC(=O)/C(C)=C(/C)O.CC(=O)/C(C)=C(/C)O.CP(C)(C)=O.CP(C)(C)=O.[Gd]. The first-order valence-electron chi connectivity index (χ1n) is 10.3. The second-order valence-electron chi connectivity index (χ2n) is 9.08. The molecule has 0 spiro atoms. The number of carbonyl (C=O) groups is 3. The molecule has 0 bridgehead atoms. The fourth-order valence-electron chi connectivity index (χ4n) is 0.764. The minimum absolute atomic E-state index is 0.